The number of carbonyl (C=O) groups excluding carboxylic acids is 1. The lowest BCUT2D eigenvalue weighted by molar-refractivity contribution is -0.130. The van der Waals surface area contributed by atoms with Gasteiger partial charge in [-0.3, -0.25) is 4.79 Å². The number of nitrogens with zero attached hydrogens (tertiary/aromatic N) is 2. The predicted octanol–water partition coefficient (Wildman–Crippen LogP) is 2.84. The van der Waals surface area contributed by atoms with Gasteiger partial charge in [0.2, 0.25) is 11.8 Å². The molecule has 19 heavy (non-hydrogen) atoms. The number of rotatable bonds is 5. The van der Waals surface area contributed by atoms with E-state index in [4.69, 9.17) is 16.3 Å². The van der Waals surface area contributed by atoms with E-state index in [-0.39, 0.29) is 12.0 Å². The highest BCUT2D eigenvalue weighted by Gasteiger charge is 2.27. The maximum absolute atomic E-state index is 11.8. The zero-order valence-electron chi connectivity index (χ0n) is 10.5. The highest BCUT2D eigenvalue weighted by atomic mass is 79.9. The van der Waals surface area contributed by atoms with E-state index in [1.165, 1.54) is 0 Å². The fraction of sp³-hybridized carbons (Fsp3) is 0.538. The van der Waals surface area contributed by atoms with Crippen LogP contribution in [0.3, 0.4) is 0 Å². The highest BCUT2D eigenvalue weighted by Crippen LogP contribution is 2.19. The van der Waals surface area contributed by atoms with E-state index in [1.54, 1.807) is 6.20 Å². The number of ether oxygens (including phenoxy) is 1. The van der Waals surface area contributed by atoms with E-state index in [2.05, 4.69) is 20.9 Å². The van der Waals surface area contributed by atoms with Gasteiger partial charge in [0.05, 0.1) is 6.54 Å². The fourth-order valence-corrected chi connectivity index (χ4v) is 2.40. The Morgan fingerprint density at radius 1 is 1.58 bits per heavy atom. The summed E-state index contributed by atoms with van der Waals surface area (Å²) < 4.78 is 6.68. The molecule has 2 rings (SSSR count). The lowest BCUT2D eigenvalue weighted by Crippen LogP contribution is -2.30. The van der Waals surface area contributed by atoms with Gasteiger partial charge in [-0.25, -0.2) is 4.98 Å². The van der Waals surface area contributed by atoms with Crippen molar-refractivity contribution in [1.29, 1.82) is 0 Å². The first-order valence-electron chi connectivity index (χ1n) is 6.31. The topological polar surface area (TPSA) is 42.4 Å². The van der Waals surface area contributed by atoms with Gasteiger partial charge in [-0.2, -0.15) is 0 Å². The van der Waals surface area contributed by atoms with E-state index in [0.29, 0.717) is 24.7 Å². The molecule has 104 valence electrons. The molecule has 2 heterocycles. The Kier molecular flexibility index (Phi) is 5.45. The van der Waals surface area contributed by atoms with Crippen LogP contribution in [-0.4, -0.2) is 40.9 Å². The van der Waals surface area contributed by atoms with Gasteiger partial charge >= 0.3 is 0 Å². The lowest BCUT2D eigenvalue weighted by Gasteiger charge is -2.16. The first-order valence-corrected chi connectivity index (χ1v) is 7.63. The summed E-state index contributed by atoms with van der Waals surface area (Å²) in [7, 11) is 0. The normalized spacial score (nSPS) is 18.6. The molecule has 1 atom stereocenters. The van der Waals surface area contributed by atoms with Crippen LogP contribution in [-0.2, 0) is 4.79 Å². The molecule has 4 nitrogen and oxygen atoms in total. The third-order valence-corrected chi connectivity index (χ3v) is 3.75. The van der Waals surface area contributed by atoms with Gasteiger partial charge in [0.1, 0.15) is 6.10 Å². The van der Waals surface area contributed by atoms with E-state index < -0.39 is 0 Å². The number of alkyl halides is 1. The second-order valence-corrected chi connectivity index (χ2v) is 5.77. The van der Waals surface area contributed by atoms with Crippen molar-refractivity contribution in [2.24, 2.45) is 0 Å². The molecule has 1 aliphatic rings. The van der Waals surface area contributed by atoms with Gasteiger partial charge in [-0.1, -0.05) is 0 Å². The molecule has 1 unspecified atom stereocenters. The molecule has 1 amide bonds. The minimum absolute atomic E-state index is 0.0358. The number of carbonyl (C=O) groups is 1. The molecular weight excluding hydrogens is 332 g/mol. The molecule has 0 radical (unpaired) electrons. The first-order chi connectivity index (χ1) is 9.19. The van der Waals surface area contributed by atoms with E-state index in [9.17, 15) is 4.79 Å². The molecule has 0 aliphatic carbocycles. The summed E-state index contributed by atoms with van der Waals surface area (Å²) in [6.45, 7) is 1.39. The maximum atomic E-state index is 11.8. The Morgan fingerprint density at radius 2 is 2.42 bits per heavy atom. The molecule has 1 aliphatic heterocycles. The Bertz CT molecular complexity index is 427. The van der Waals surface area contributed by atoms with Crippen LogP contribution in [0.15, 0.2) is 22.8 Å². The van der Waals surface area contributed by atoms with Crippen LogP contribution in [0.2, 0.25) is 0 Å². The lowest BCUT2D eigenvalue weighted by atomic mass is 10.3. The maximum Gasteiger partial charge on any atom is 0.222 e. The number of amides is 1. The average molecular weight is 348 g/mol. The molecule has 0 spiro atoms. The van der Waals surface area contributed by atoms with Crippen molar-refractivity contribution < 1.29 is 9.53 Å². The second kappa shape index (κ2) is 7.10. The summed E-state index contributed by atoms with van der Waals surface area (Å²) in [5.41, 5.74) is 0. The van der Waals surface area contributed by atoms with Crippen molar-refractivity contribution >= 4 is 33.4 Å². The Morgan fingerprint density at radius 3 is 3.11 bits per heavy atom. The monoisotopic (exact) mass is 346 g/mol. The van der Waals surface area contributed by atoms with Gasteiger partial charge in [-0.05, 0) is 28.4 Å². The molecule has 0 saturated carbocycles. The fourth-order valence-electron chi connectivity index (χ4n) is 2.03. The van der Waals surface area contributed by atoms with E-state index in [0.717, 1.165) is 23.9 Å². The number of halogens is 2. The zero-order chi connectivity index (χ0) is 13.7. The summed E-state index contributed by atoms with van der Waals surface area (Å²) >= 11 is 8.92. The minimum atomic E-state index is 0.0358. The van der Waals surface area contributed by atoms with Gasteiger partial charge < -0.3 is 9.64 Å². The van der Waals surface area contributed by atoms with Crippen molar-refractivity contribution in [3.05, 3.63) is 22.8 Å². The van der Waals surface area contributed by atoms with Gasteiger partial charge in [0.25, 0.3) is 0 Å². The standard InChI is InChI=1S/C13H16BrClN2O2/c14-10-3-4-12(16-8-10)19-11-5-7-17(9-11)13(18)2-1-6-15/h3-4,8,11H,1-2,5-7,9H2. The zero-order valence-corrected chi connectivity index (χ0v) is 12.9. The summed E-state index contributed by atoms with van der Waals surface area (Å²) in [6, 6.07) is 3.71. The Labute approximate surface area is 126 Å². The van der Waals surface area contributed by atoms with Crippen molar-refractivity contribution in [1.82, 2.24) is 9.88 Å². The Balaban J connectivity index is 1.81. The number of likely N-dealkylation sites (tertiary alicyclic amines) is 1. The molecule has 1 saturated heterocycles. The molecule has 1 aromatic rings. The summed E-state index contributed by atoms with van der Waals surface area (Å²) in [4.78, 5) is 17.9. The van der Waals surface area contributed by atoms with Crippen molar-refractivity contribution in [2.75, 3.05) is 19.0 Å². The van der Waals surface area contributed by atoms with Gasteiger partial charge in [-0.15, -0.1) is 11.6 Å². The van der Waals surface area contributed by atoms with Crippen LogP contribution < -0.4 is 4.74 Å². The minimum Gasteiger partial charge on any atom is -0.472 e. The largest absolute Gasteiger partial charge is 0.472 e. The van der Waals surface area contributed by atoms with Crippen LogP contribution in [0, 0.1) is 0 Å². The number of pyridine rings is 1. The molecule has 0 aromatic carbocycles. The first kappa shape index (κ1) is 14.6. The molecule has 0 N–H and O–H groups in total. The predicted molar refractivity (Wildman–Crippen MR) is 77.5 cm³/mol. The van der Waals surface area contributed by atoms with Crippen LogP contribution in [0.5, 0.6) is 5.88 Å². The Hall–Kier alpha value is -0.810. The van der Waals surface area contributed by atoms with Gasteiger partial charge in [0, 0.05) is 42.0 Å². The van der Waals surface area contributed by atoms with Crippen LogP contribution >= 0.6 is 27.5 Å². The summed E-state index contributed by atoms with van der Waals surface area (Å²) in [5.74, 6) is 1.29. The van der Waals surface area contributed by atoms with Crippen molar-refractivity contribution in [3.8, 4) is 5.88 Å². The van der Waals surface area contributed by atoms with Crippen molar-refractivity contribution in [2.45, 2.75) is 25.4 Å². The summed E-state index contributed by atoms with van der Waals surface area (Å²) in [6.07, 6.45) is 3.84. The smallest absolute Gasteiger partial charge is 0.222 e. The number of hydrogen-bond donors (Lipinski definition) is 0. The molecule has 6 heteroatoms. The van der Waals surface area contributed by atoms with Crippen LogP contribution in [0.25, 0.3) is 0 Å². The third kappa shape index (κ3) is 4.35. The van der Waals surface area contributed by atoms with E-state index >= 15 is 0 Å². The van der Waals surface area contributed by atoms with Gasteiger partial charge in [0.15, 0.2) is 0 Å². The van der Waals surface area contributed by atoms with Crippen LogP contribution in [0.4, 0.5) is 0 Å². The summed E-state index contributed by atoms with van der Waals surface area (Å²) in [5, 5.41) is 0. The third-order valence-electron chi connectivity index (χ3n) is 3.01. The molecule has 1 fully saturated rings. The molecular formula is C13H16BrClN2O2. The van der Waals surface area contributed by atoms with Crippen molar-refractivity contribution in [3.63, 3.8) is 0 Å². The average Bonchev–Trinajstić information content (AvgIpc) is 2.87. The molecule has 1 aromatic heterocycles. The van der Waals surface area contributed by atoms with E-state index in [1.807, 2.05) is 17.0 Å². The number of hydrogen-bond acceptors (Lipinski definition) is 3. The number of aromatic nitrogens is 1. The SMILES string of the molecule is O=C(CCCCl)N1CCC(Oc2ccc(Br)cn2)C1. The van der Waals surface area contributed by atoms with Crippen LogP contribution in [0.1, 0.15) is 19.3 Å². The second-order valence-electron chi connectivity index (χ2n) is 4.48. The quantitative estimate of drug-likeness (QED) is 0.769. The molecule has 0 bridgehead atoms. The highest BCUT2D eigenvalue weighted by molar-refractivity contribution is 9.10.